The van der Waals surface area contributed by atoms with Crippen LogP contribution in [0.15, 0.2) is 108 Å². The number of fused-ring (bicyclic) bond motifs is 2. The van der Waals surface area contributed by atoms with Crippen molar-refractivity contribution in [2.24, 2.45) is 11.8 Å². The van der Waals surface area contributed by atoms with E-state index in [2.05, 4.69) is 146 Å². The van der Waals surface area contributed by atoms with Gasteiger partial charge in [-0.1, -0.05) is 0 Å². The van der Waals surface area contributed by atoms with Gasteiger partial charge in [0.05, 0.1) is 0 Å². The molecule has 2 unspecified atom stereocenters. The molecule has 0 radical (unpaired) electrons. The van der Waals surface area contributed by atoms with Crippen molar-refractivity contribution < 1.29 is 15.7 Å². The second-order valence-electron chi connectivity index (χ2n) is 13.7. The Hall–Kier alpha value is -1.63. The summed E-state index contributed by atoms with van der Waals surface area (Å²) < 4.78 is 6.77. The summed E-state index contributed by atoms with van der Waals surface area (Å²) in [7, 11) is 0. The second-order valence-corrected chi connectivity index (χ2v) is 58.7. The maximum atomic E-state index is 2.82. The molecule has 0 nitrogen and oxygen atoms in total. The molecule has 0 bridgehead atoms. The van der Waals surface area contributed by atoms with Crippen molar-refractivity contribution in [3.63, 3.8) is 0 Å². The van der Waals surface area contributed by atoms with Crippen molar-refractivity contribution >= 4 is 49.1 Å². The molecule has 0 aliphatic heterocycles. The van der Waals surface area contributed by atoms with E-state index in [1.54, 1.807) is 22.3 Å². The molecule has 0 fully saturated rings. The monoisotopic (exact) mass is 734 g/mol. The third-order valence-corrected chi connectivity index (χ3v) is 32.2. The molecule has 42 heavy (non-hydrogen) atoms. The van der Waals surface area contributed by atoms with Crippen molar-refractivity contribution in [1.29, 1.82) is 0 Å². The van der Waals surface area contributed by atoms with Crippen molar-refractivity contribution in [3.05, 3.63) is 130 Å². The first-order valence-electron chi connectivity index (χ1n) is 14.9. The van der Waals surface area contributed by atoms with Gasteiger partial charge in [-0.25, -0.2) is 0 Å². The molecule has 2 aliphatic rings. The van der Waals surface area contributed by atoms with Crippen LogP contribution in [0.4, 0.5) is 0 Å². The van der Waals surface area contributed by atoms with Gasteiger partial charge in [0.25, 0.3) is 0 Å². The molecule has 2 aliphatic carbocycles. The van der Waals surface area contributed by atoms with Crippen LogP contribution < -0.4 is 0 Å². The average molecular weight is 736 g/mol. The molecule has 0 saturated heterocycles. The quantitative estimate of drug-likeness (QED) is 0.173. The molecule has 4 aromatic carbocycles. The van der Waals surface area contributed by atoms with E-state index in [0.717, 1.165) is 0 Å². The van der Waals surface area contributed by atoms with Crippen LogP contribution >= 0.6 is 24.8 Å². The standard InChI is InChI=1S/2C18H17.2CH3.2ClH.GeH2.Zr/c2*1-13(2)16-11-15-9-6-10-17(18(15)12-16)14-7-4-3-5-8-14;;;;;;/h2*3-13H,1-2H3;2*1H3;2*1H;1H2;. The summed E-state index contributed by atoms with van der Waals surface area (Å²) in [5.74, 6) is 1.06. The Morgan fingerprint density at radius 2 is 0.881 bits per heavy atom. The van der Waals surface area contributed by atoms with Crippen LogP contribution in [0.2, 0.25) is 9.26 Å². The Balaban J connectivity index is 0.00000202. The van der Waals surface area contributed by atoms with Gasteiger partial charge in [-0.3, -0.25) is 0 Å². The number of hydrogen-bond donors (Lipinski definition) is 0. The fraction of sp³-hybridized carbons (Fsp3) is 0.263. The molecule has 6 rings (SSSR count). The Bertz CT molecular complexity index is 1600. The SMILES string of the molecule is CC(C)C1=Cc2c(-c3ccccc3)cccc2[CH]1[Zr]([CH3])([CH3])(=[GeH2])[CH]1C(C(C)C)=Cc2c(-c3ccccc3)cccc21.Cl.Cl. The predicted octanol–water partition coefficient (Wildman–Crippen LogP) is 11.1. The molecule has 2 atom stereocenters. The fourth-order valence-electron chi connectivity index (χ4n) is 7.87. The van der Waals surface area contributed by atoms with Crippen molar-refractivity contribution in [2.45, 2.75) is 44.2 Å². The van der Waals surface area contributed by atoms with E-state index in [4.69, 9.17) is 0 Å². The molecule has 0 aromatic heterocycles. The molecular formula is C38H44Cl2GeZr. The van der Waals surface area contributed by atoms with Crippen LogP contribution in [0, 0.1) is 11.8 Å². The molecule has 4 aromatic rings. The van der Waals surface area contributed by atoms with E-state index >= 15 is 0 Å². The summed E-state index contributed by atoms with van der Waals surface area (Å²) in [6.07, 6.45) is 5.22. The number of benzene rings is 4. The van der Waals surface area contributed by atoms with Crippen LogP contribution in [-0.2, 0) is 15.7 Å². The first-order valence-corrected chi connectivity index (χ1v) is 33.2. The second kappa shape index (κ2) is 12.4. The third kappa shape index (κ3) is 5.54. The van der Waals surface area contributed by atoms with Crippen LogP contribution in [0.5, 0.6) is 0 Å². The summed E-state index contributed by atoms with van der Waals surface area (Å²) in [5, 5.41) is 0. The Labute approximate surface area is 271 Å². The Morgan fingerprint density at radius 1 is 0.524 bits per heavy atom. The first-order chi connectivity index (χ1) is 19.1. The average Bonchev–Trinajstić information content (AvgIpc) is 3.55. The minimum Gasteiger partial charge on any atom is -0.147 e. The van der Waals surface area contributed by atoms with Crippen LogP contribution in [0.3, 0.4) is 0 Å². The maximum Gasteiger partial charge on any atom is -0.147 e. The number of rotatable bonds is 6. The first kappa shape index (κ1) is 33.3. The van der Waals surface area contributed by atoms with Gasteiger partial charge < -0.3 is 0 Å². The van der Waals surface area contributed by atoms with Crippen molar-refractivity contribution in [3.8, 4) is 22.3 Å². The minimum absolute atomic E-state index is 0. The summed E-state index contributed by atoms with van der Waals surface area (Å²) in [6.45, 7) is 9.70. The summed E-state index contributed by atoms with van der Waals surface area (Å²) in [4.78, 5) is 0. The molecule has 0 amide bonds. The third-order valence-electron chi connectivity index (χ3n) is 9.59. The van der Waals surface area contributed by atoms with E-state index in [1.165, 1.54) is 45.5 Å². The zero-order valence-electron chi connectivity index (χ0n) is 25.7. The van der Waals surface area contributed by atoms with Gasteiger partial charge >= 0.3 is 249 Å². The zero-order chi connectivity index (χ0) is 28.3. The van der Waals surface area contributed by atoms with E-state index in [-0.39, 0.29) is 24.8 Å². The number of allylic oxidation sites excluding steroid dienone is 2. The van der Waals surface area contributed by atoms with Gasteiger partial charge in [-0.05, 0) is 0 Å². The van der Waals surface area contributed by atoms with Gasteiger partial charge in [-0.15, -0.1) is 24.8 Å². The fourth-order valence-corrected chi connectivity index (χ4v) is 33.7. The topological polar surface area (TPSA) is 0 Å². The zero-order valence-corrected chi connectivity index (χ0v) is 32.8. The maximum absolute atomic E-state index is 3.57. The molecule has 0 heterocycles. The smallest absolute Gasteiger partial charge is 0.147 e. The number of hydrogen-bond acceptors (Lipinski definition) is 0. The van der Waals surface area contributed by atoms with E-state index in [1.807, 2.05) is 0 Å². The summed E-state index contributed by atoms with van der Waals surface area (Å²) in [6, 6.07) is 36.3. The molecule has 4 heteroatoms. The van der Waals surface area contributed by atoms with Crippen LogP contribution in [0.25, 0.3) is 34.4 Å². The van der Waals surface area contributed by atoms with Crippen LogP contribution in [-0.4, -0.2) is 12.1 Å². The minimum atomic E-state index is -3.57. The van der Waals surface area contributed by atoms with Gasteiger partial charge in [0.15, 0.2) is 0 Å². The van der Waals surface area contributed by atoms with Gasteiger partial charge in [0.1, 0.15) is 0 Å². The van der Waals surface area contributed by atoms with E-state index in [9.17, 15) is 0 Å². The normalized spacial score (nSPS) is 17.6. The van der Waals surface area contributed by atoms with Gasteiger partial charge in [0, 0.05) is 0 Å². The Kier molecular flexibility index (Phi) is 9.82. The Morgan fingerprint density at radius 3 is 1.21 bits per heavy atom. The number of halogens is 2. The largest absolute Gasteiger partial charge is 0.147 e. The summed E-state index contributed by atoms with van der Waals surface area (Å²) >= 11 is -2.16. The van der Waals surface area contributed by atoms with Gasteiger partial charge in [0.2, 0.25) is 0 Å². The van der Waals surface area contributed by atoms with Crippen molar-refractivity contribution in [1.82, 2.24) is 0 Å². The van der Waals surface area contributed by atoms with Crippen molar-refractivity contribution in [2.75, 3.05) is 0 Å². The summed E-state index contributed by atoms with van der Waals surface area (Å²) in [5.41, 5.74) is 14.9. The molecule has 0 saturated carbocycles. The van der Waals surface area contributed by atoms with E-state index < -0.39 is 15.7 Å². The molecular weight excluding hydrogens is 691 g/mol. The van der Waals surface area contributed by atoms with E-state index in [0.29, 0.717) is 19.1 Å². The molecule has 218 valence electrons. The predicted molar refractivity (Wildman–Crippen MR) is 190 cm³/mol. The van der Waals surface area contributed by atoms with Crippen LogP contribution in [0.1, 0.15) is 57.2 Å². The van der Waals surface area contributed by atoms with Gasteiger partial charge in [-0.2, -0.15) is 0 Å². The molecule has 0 spiro atoms. The molecule has 0 N–H and O–H groups in total.